The summed E-state index contributed by atoms with van der Waals surface area (Å²) in [5.74, 6) is 0. The zero-order valence-corrected chi connectivity index (χ0v) is 40.4. The lowest BCUT2D eigenvalue weighted by atomic mass is 9.77. The first-order chi connectivity index (χ1) is 33.3. The third-order valence-corrected chi connectivity index (χ3v) is 17.0. The minimum absolute atomic E-state index is 0.0340. The molecule has 0 bridgehead atoms. The van der Waals surface area contributed by atoms with Gasteiger partial charge in [-0.25, -0.2) is 0 Å². The molecule has 8 aromatic carbocycles. The summed E-state index contributed by atoms with van der Waals surface area (Å²) in [6.45, 7) is 14.1. The van der Waals surface area contributed by atoms with Gasteiger partial charge in [0.2, 0.25) is 0 Å². The fraction of sp³-hybridized carbons (Fsp3) is 0.273. The van der Waals surface area contributed by atoms with E-state index in [1.807, 2.05) is 0 Å². The summed E-state index contributed by atoms with van der Waals surface area (Å²) >= 11 is 0. The maximum absolute atomic E-state index is 2.65. The van der Waals surface area contributed by atoms with E-state index in [1.165, 1.54) is 155 Å². The Morgan fingerprint density at radius 3 is 1.46 bits per heavy atom. The van der Waals surface area contributed by atoms with Gasteiger partial charge in [-0.1, -0.05) is 155 Å². The Morgan fingerprint density at radius 1 is 0.368 bits per heavy atom. The maximum atomic E-state index is 2.65. The van der Waals surface area contributed by atoms with Gasteiger partial charge < -0.3 is 9.80 Å². The maximum Gasteiger partial charge on any atom is 0.0372 e. The second kappa shape index (κ2) is 16.0. The molecule has 0 saturated carbocycles. The smallest absolute Gasteiger partial charge is 0.0372 e. The lowest BCUT2D eigenvalue weighted by molar-refractivity contribution is 0.578. The second-order valence-corrected chi connectivity index (χ2v) is 21.6. The monoisotopic (exact) mass is 882 g/mol. The van der Waals surface area contributed by atoms with Crippen molar-refractivity contribution in [3.63, 3.8) is 0 Å². The lowest BCUT2D eigenvalue weighted by Gasteiger charge is -2.31. The van der Waals surface area contributed by atoms with Crippen LogP contribution < -0.4 is 9.80 Å². The second-order valence-electron chi connectivity index (χ2n) is 21.6. The van der Waals surface area contributed by atoms with Crippen LogP contribution >= 0.6 is 0 Å². The Labute approximate surface area is 403 Å². The van der Waals surface area contributed by atoms with E-state index in [2.05, 4.69) is 195 Å². The Bertz CT molecular complexity index is 3420. The number of fused-ring (bicyclic) bond motifs is 7. The largest absolute Gasteiger partial charge is 0.372 e. The van der Waals surface area contributed by atoms with E-state index in [0.717, 1.165) is 39.0 Å². The summed E-state index contributed by atoms with van der Waals surface area (Å²) in [4.78, 5) is 5.30. The molecule has 2 aliphatic heterocycles. The number of piperidine rings is 2. The summed E-state index contributed by atoms with van der Waals surface area (Å²) in [7, 11) is 0. The molecule has 0 atom stereocenters. The van der Waals surface area contributed by atoms with Crippen molar-refractivity contribution >= 4 is 44.1 Å². The van der Waals surface area contributed by atoms with Crippen LogP contribution in [0.15, 0.2) is 163 Å². The van der Waals surface area contributed by atoms with Crippen molar-refractivity contribution in [2.24, 2.45) is 0 Å². The highest BCUT2D eigenvalue weighted by molar-refractivity contribution is 6.24. The van der Waals surface area contributed by atoms with Gasteiger partial charge in [0, 0.05) is 48.4 Å². The molecule has 0 amide bonds. The predicted octanol–water partition coefficient (Wildman–Crippen LogP) is 17.2. The van der Waals surface area contributed by atoms with Crippen molar-refractivity contribution < 1.29 is 0 Å². The van der Waals surface area contributed by atoms with Crippen LogP contribution in [0, 0.1) is 0 Å². The molecule has 0 N–H and O–H groups in total. The van der Waals surface area contributed by atoms with E-state index in [0.29, 0.717) is 0 Å². The van der Waals surface area contributed by atoms with Crippen LogP contribution in [-0.4, -0.2) is 26.2 Å². The molecule has 0 unspecified atom stereocenters. The van der Waals surface area contributed by atoms with Gasteiger partial charge in [-0.05, 0) is 192 Å². The standard InChI is InChI=1S/C66H62N2/c1-65(2)59-25-13-11-21-49(59)51-31-27-43(39-61(51)65)47-19-7-9-23-53(47)63-55-33-29-46(68-37-17-6-18-38-68)42-58(55)64(56-34-30-45(41-57(56)63)67-35-15-5-16-36-67)54-24-10-8-20-48(54)44-28-32-52-50-22-12-14-26-60(50)66(3,4)62(52)40-44/h7-14,19-27,29-31,33-34,39-42H,5-6,15-18,28,32,35-38H2,1-4H3. The molecule has 2 heteroatoms. The Hall–Kier alpha value is -6.64. The fourth-order valence-corrected chi connectivity index (χ4v) is 13.5. The summed E-state index contributed by atoms with van der Waals surface area (Å²) < 4.78 is 0. The van der Waals surface area contributed by atoms with Crippen LogP contribution in [0.1, 0.15) is 107 Å². The Morgan fingerprint density at radius 2 is 0.853 bits per heavy atom. The van der Waals surface area contributed by atoms with Gasteiger partial charge in [-0.15, -0.1) is 0 Å². The molecule has 0 spiro atoms. The van der Waals surface area contributed by atoms with Crippen LogP contribution in [0.2, 0.25) is 0 Å². The van der Waals surface area contributed by atoms with Crippen molar-refractivity contribution in [1.82, 2.24) is 0 Å². The zero-order chi connectivity index (χ0) is 45.7. The lowest BCUT2D eigenvalue weighted by Crippen LogP contribution is -2.29. The molecule has 2 fully saturated rings. The van der Waals surface area contributed by atoms with E-state index in [1.54, 1.807) is 5.57 Å². The van der Waals surface area contributed by atoms with E-state index in [4.69, 9.17) is 0 Å². The highest BCUT2D eigenvalue weighted by Crippen LogP contribution is 2.55. The number of benzene rings is 8. The van der Waals surface area contributed by atoms with E-state index in [9.17, 15) is 0 Å². The van der Waals surface area contributed by atoms with Crippen LogP contribution in [0.5, 0.6) is 0 Å². The SMILES string of the molecule is CC1(C)C2=C(CCC(c3ccccc3-c3c4cc(N5CCCCC5)ccc4c(-c4ccccc4-c4ccc5c(c4)C(C)(C)c4ccccc4-5)c4cc(N5CCCCC5)ccc34)=C2)c2ccccc21. The first kappa shape index (κ1) is 41.5. The minimum atomic E-state index is -0.0805. The minimum Gasteiger partial charge on any atom is -0.372 e. The zero-order valence-electron chi connectivity index (χ0n) is 40.4. The van der Waals surface area contributed by atoms with Crippen molar-refractivity contribution in [2.45, 2.75) is 89.9 Å². The highest BCUT2D eigenvalue weighted by Gasteiger charge is 2.39. The van der Waals surface area contributed by atoms with E-state index >= 15 is 0 Å². The molecule has 0 radical (unpaired) electrons. The summed E-state index contributed by atoms with van der Waals surface area (Å²) in [5.41, 5.74) is 24.8. The molecule has 5 aliphatic rings. The van der Waals surface area contributed by atoms with Gasteiger partial charge in [0.05, 0.1) is 0 Å². The van der Waals surface area contributed by atoms with E-state index < -0.39 is 0 Å². The van der Waals surface area contributed by atoms with Crippen LogP contribution in [-0.2, 0) is 10.8 Å². The molecule has 68 heavy (non-hydrogen) atoms. The number of nitrogens with zero attached hydrogens (tertiary/aromatic N) is 2. The number of hydrogen-bond donors (Lipinski definition) is 0. The van der Waals surface area contributed by atoms with E-state index in [-0.39, 0.29) is 10.8 Å². The molecule has 3 aliphatic carbocycles. The van der Waals surface area contributed by atoms with Crippen LogP contribution in [0.4, 0.5) is 11.4 Å². The van der Waals surface area contributed by atoms with Crippen LogP contribution in [0.3, 0.4) is 0 Å². The molecular weight excluding hydrogens is 821 g/mol. The highest BCUT2D eigenvalue weighted by atomic mass is 15.1. The summed E-state index contributed by atoms with van der Waals surface area (Å²) in [6, 6.07) is 59.3. The molecule has 2 saturated heterocycles. The Balaban J connectivity index is 1.07. The molecular formula is C66H62N2. The number of anilines is 2. The number of allylic oxidation sites excluding steroid dienone is 4. The average molecular weight is 883 g/mol. The van der Waals surface area contributed by atoms with Crippen molar-refractivity contribution in [1.29, 1.82) is 0 Å². The van der Waals surface area contributed by atoms with Gasteiger partial charge in [0.15, 0.2) is 0 Å². The molecule has 13 rings (SSSR count). The molecule has 8 aromatic rings. The van der Waals surface area contributed by atoms with Gasteiger partial charge in [-0.3, -0.25) is 0 Å². The fourth-order valence-electron chi connectivity index (χ4n) is 13.5. The van der Waals surface area contributed by atoms with Crippen molar-refractivity contribution in [2.75, 3.05) is 36.0 Å². The van der Waals surface area contributed by atoms with Gasteiger partial charge in [0.25, 0.3) is 0 Å². The number of rotatable bonds is 6. The topological polar surface area (TPSA) is 6.48 Å². The average Bonchev–Trinajstić information content (AvgIpc) is 3.76. The molecule has 2 nitrogen and oxygen atoms in total. The summed E-state index contributed by atoms with van der Waals surface area (Å²) in [5, 5.41) is 5.35. The van der Waals surface area contributed by atoms with Crippen molar-refractivity contribution in [3.05, 3.63) is 191 Å². The van der Waals surface area contributed by atoms with Crippen molar-refractivity contribution in [3.8, 4) is 44.5 Å². The first-order valence-corrected chi connectivity index (χ1v) is 25.8. The molecule has 0 aromatic heterocycles. The van der Waals surface area contributed by atoms with Gasteiger partial charge >= 0.3 is 0 Å². The normalized spacial score (nSPS) is 18.1. The van der Waals surface area contributed by atoms with Gasteiger partial charge in [-0.2, -0.15) is 0 Å². The summed E-state index contributed by atoms with van der Waals surface area (Å²) in [6.07, 6.45) is 12.3. The first-order valence-electron chi connectivity index (χ1n) is 25.8. The quantitative estimate of drug-likeness (QED) is 0.154. The third kappa shape index (κ3) is 6.43. The number of hydrogen-bond acceptors (Lipinski definition) is 2. The van der Waals surface area contributed by atoms with Crippen LogP contribution in [0.25, 0.3) is 77.2 Å². The predicted molar refractivity (Wildman–Crippen MR) is 291 cm³/mol. The Kier molecular flexibility index (Phi) is 9.76. The molecule has 2 heterocycles. The third-order valence-electron chi connectivity index (χ3n) is 17.0. The molecule has 336 valence electrons. The van der Waals surface area contributed by atoms with Gasteiger partial charge in [0.1, 0.15) is 0 Å².